The number of nitrogens with one attached hydrogen (secondary N) is 1. The molecule has 0 unspecified atom stereocenters. The average molecular weight is 313 g/mol. The SMILES string of the molecule is COc1ccc(Br)cc1CNCc1cscn1. The highest BCUT2D eigenvalue weighted by molar-refractivity contribution is 9.10. The molecule has 0 aliphatic rings. The molecule has 2 rings (SSSR count). The van der Waals surface area contributed by atoms with Gasteiger partial charge in [-0.3, -0.25) is 0 Å². The van der Waals surface area contributed by atoms with E-state index >= 15 is 0 Å². The van der Waals surface area contributed by atoms with E-state index in [4.69, 9.17) is 4.74 Å². The highest BCUT2D eigenvalue weighted by Crippen LogP contribution is 2.22. The summed E-state index contributed by atoms with van der Waals surface area (Å²) < 4.78 is 6.37. The minimum Gasteiger partial charge on any atom is -0.496 e. The fourth-order valence-corrected chi connectivity index (χ4v) is 2.50. The normalized spacial score (nSPS) is 10.5. The molecule has 0 amide bonds. The van der Waals surface area contributed by atoms with Crippen molar-refractivity contribution in [3.8, 4) is 5.75 Å². The highest BCUT2D eigenvalue weighted by atomic mass is 79.9. The Balaban J connectivity index is 1.96. The first kappa shape index (κ1) is 12.5. The summed E-state index contributed by atoms with van der Waals surface area (Å²) in [7, 11) is 1.69. The maximum Gasteiger partial charge on any atom is 0.123 e. The van der Waals surface area contributed by atoms with Crippen LogP contribution < -0.4 is 10.1 Å². The molecule has 1 heterocycles. The van der Waals surface area contributed by atoms with Crippen LogP contribution in [0.1, 0.15) is 11.3 Å². The number of nitrogens with zero attached hydrogens (tertiary/aromatic N) is 1. The molecule has 0 atom stereocenters. The summed E-state index contributed by atoms with van der Waals surface area (Å²) in [5, 5.41) is 5.40. The van der Waals surface area contributed by atoms with E-state index in [0.29, 0.717) is 0 Å². The Morgan fingerprint density at radius 2 is 2.29 bits per heavy atom. The number of hydrogen-bond donors (Lipinski definition) is 1. The molecule has 17 heavy (non-hydrogen) atoms. The summed E-state index contributed by atoms with van der Waals surface area (Å²) >= 11 is 5.07. The van der Waals surface area contributed by atoms with E-state index in [0.717, 1.165) is 34.6 Å². The second-order valence-electron chi connectivity index (χ2n) is 3.54. The van der Waals surface area contributed by atoms with Gasteiger partial charge in [0.1, 0.15) is 5.75 Å². The molecule has 1 aromatic carbocycles. The summed E-state index contributed by atoms with van der Waals surface area (Å²) in [4.78, 5) is 4.22. The molecule has 0 fully saturated rings. The Hall–Kier alpha value is -0.910. The molecule has 1 aromatic heterocycles. The van der Waals surface area contributed by atoms with Crippen LogP contribution in [0.5, 0.6) is 5.75 Å². The van der Waals surface area contributed by atoms with Crippen molar-refractivity contribution in [3.05, 3.63) is 44.8 Å². The number of aromatic nitrogens is 1. The van der Waals surface area contributed by atoms with Gasteiger partial charge in [0.15, 0.2) is 0 Å². The van der Waals surface area contributed by atoms with Gasteiger partial charge in [0.25, 0.3) is 0 Å². The lowest BCUT2D eigenvalue weighted by Gasteiger charge is -2.09. The second-order valence-corrected chi connectivity index (χ2v) is 5.17. The highest BCUT2D eigenvalue weighted by Gasteiger charge is 2.03. The third-order valence-electron chi connectivity index (χ3n) is 2.35. The summed E-state index contributed by atoms with van der Waals surface area (Å²) in [6, 6.07) is 6.00. The Morgan fingerprint density at radius 3 is 3.00 bits per heavy atom. The Kier molecular flexibility index (Phi) is 4.53. The number of thiazole rings is 1. The lowest BCUT2D eigenvalue weighted by molar-refractivity contribution is 0.407. The first-order chi connectivity index (χ1) is 8.29. The van der Waals surface area contributed by atoms with Gasteiger partial charge in [0.2, 0.25) is 0 Å². The molecule has 0 radical (unpaired) electrons. The summed E-state index contributed by atoms with van der Waals surface area (Å²) in [5.41, 5.74) is 4.05. The Bertz CT molecular complexity index is 473. The second kappa shape index (κ2) is 6.14. The van der Waals surface area contributed by atoms with E-state index in [1.54, 1.807) is 18.4 Å². The van der Waals surface area contributed by atoms with Crippen molar-refractivity contribution in [1.29, 1.82) is 0 Å². The zero-order valence-corrected chi connectivity index (χ0v) is 11.8. The van der Waals surface area contributed by atoms with Crippen LogP contribution in [0.15, 0.2) is 33.6 Å². The van der Waals surface area contributed by atoms with Crippen molar-refractivity contribution in [1.82, 2.24) is 10.3 Å². The van der Waals surface area contributed by atoms with Gasteiger partial charge in [0.05, 0.1) is 18.3 Å². The van der Waals surface area contributed by atoms with Crippen LogP contribution in [0.2, 0.25) is 0 Å². The third kappa shape index (κ3) is 3.52. The van der Waals surface area contributed by atoms with Gasteiger partial charge < -0.3 is 10.1 Å². The van der Waals surface area contributed by atoms with E-state index in [2.05, 4.69) is 32.3 Å². The molecule has 0 bridgehead atoms. The van der Waals surface area contributed by atoms with Crippen LogP contribution in [0.3, 0.4) is 0 Å². The van der Waals surface area contributed by atoms with Gasteiger partial charge in [-0.2, -0.15) is 0 Å². The molecule has 5 heteroatoms. The third-order valence-corrected chi connectivity index (χ3v) is 3.48. The molecule has 3 nitrogen and oxygen atoms in total. The Morgan fingerprint density at radius 1 is 1.41 bits per heavy atom. The molecule has 0 spiro atoms. The van der Waals surface area contributed by atoms with Crippen molar-refractivity contribution >= 4 is 27.3 Å². The van der Waals surface area contributed by atoms with Crippen molar-refractivity contribution in [2.24, 2.45) is 0 Å². The van der Waals surface area contributed by atoms with Gasteiger partial charge >= 0.3 is 0 Å². The topological polar surface area (TPSA) is 34.1 Å². The van der Waals surface area contributed by atoms with Gasteiger partial charge in [0, 0.05) is 28.5 Å². The molecule has 0 aliphatic heterocycles. The molecule has 90 valence electrons. The number of ether oxygens (including phenoxy) is 1. The largest absolute Gasteiger partial charge is 0.496 e. The zero-order chi connectivity index (χ0) is 12.1. The maximum absolute atomic E-state index is 5.31. The van der Waals surface area contributed by atoms with Gasteiger partial charge in [-0.1, -0.05) is 15.9 Å². The number of halogens is 1. The van der Waals surface area contributed by atoms with Crippen LogP contribution >= 0.6 is 27.3 Å². The van der Waals surface area contributed by atoms with Gasteiger partial charge in [-0.25, -0.2) is 4.98 Å². The fraction of sp³-hybridized carbons (Fsp3) is 0.250. The average Bonchev–Trinajstić information content (AvgIpc) is 2.82. The first-order valence-electron chi connectivity index (χ1n) is 5.20. The molecule has 0 saturated heterocycles. The van der Waals surface area contributed by atoms with E-state index in [-0.39, 0.29) is 0 Å². The minimum absolute atomic E-state index is 0.764. The minimum atomic E-state index is 0.764. The van der Waals surface area contributed by atoms with Crippen LogP contribution in [0.4, 0.5) is 0 Å². The van der Waals surface area contributed by atoms with Crippen molar-refractivity contribution in [2.45, 2.75) is 13.1 Å². The Labute approximate surface area is 113 Å². The zero-order valence-electron chi connectivity index (χ0n) is 9.44. The van der Waals surface area contributed by atoms with E-state index in [1.807, 2.05) is 23.0 Å². The summed E-state index contributed by atoms with van der Waals surface area (Å²) in [6.07, 6.45) is 0. The quantitative estimate of drug-likeness (QED) is 0.920. The molecular formula is C12H13BrN2OS. The monoisotopic (exact) mass is 312 g/mol. The predicted octanol–water partition coefficient (Wildman–Crippen LogP) is 3.20. The number of benzene rings is 1. The summed E-state index contributed by atoms with van der Waals surface area (Å²) in [6.45, 7) is 1.54. The molecular weight excluding hydrogens is 300 g/mol. The smallest absolute Gasteiger partial charge is 0.123 e. The molecule has 1 N–H and O–H groups in total. The molecule has 0 aliphatic carbocycles. The summed E-state index contributed by atoms with van der Waals surface area (Å²) in [5.74, 6) is 0.902. The predicted molar refractivity (Wildman–Crippen MR) is 73.4 cm³/mol. The van der Waals surface area contributed by atoms with Gasteiger partial charge in [-0.05, 0) is 18.2 Å². The number of methoxy groups -OCH3 is 1. The molecule has 0 saturated carbocycles. The number of rotatable bonds is 5. The van der Waals surface area contributed by atoms with E-state index < -0.39 is 0 Å². The number of hydrogen-bond acceptors (Lipinski definition) is 4. The van der Waals surface area contributed by atoms with Crippen LogP contribution in [-0.2, 0) is 13.1 Å². The van der Waals surface area contributed by atoms with E-state index in [9.17, 15) is 0 Å². The first-order valence-corrected chi connectivity index (χ1v) is 6.93. The fourth-order valence-electron chi connectivity index (χ4n) is 1.54. The van der Waals surface area contributed by atoms with Crippen LogP contribution in [-0.4, -0.2) is 12.1 Å². The lowest BCUT2D eigenvalue weighted by atomic mass is 10.2. The van der Waals surface area contributed by atoms with Gasteiger partial charge in [-0.15, -0.1) is 11.3 Å². The molecule has 2 aromatic rings. The lowest BCUT2D eigenvalue weighted by Crippen LogP contribution is -2.13. The van der Waals surface area contributed by atoms with Crippen LogP contribution in [0, 0.1) is 0 Å². The van der Waals surface area contributed by atoms with Crippen molar-refractivity contribution in [2.75, 3.05) is 7.11 Å². The van der Waals surface area contributed by atoms with Crippen molar-refractivity contribution < 1.29 is 4.74 Å². The van der Waals surface area contributed by atoms with E-state index in [1.165, 1.54) is 0 Å². The van der Waals surface area contributed by atoms with Crippen LogP contribution in [0.25, 0.3) is 0 Å². The standard InChI is InChI=1S/C12H13BrN2OS/c1-16-12-3-2-10(13)4-9(12)5-14-6-11-7-17-8-15-11/h2-4,7-8,14H,5-6H2,1H3. The maximum atomic E-state index is 5.31. The van der Waals surface area contributed by atoms with Crippen molar-refractivity contribution in [3.63, 3.8) is 0 Å².